The summed E-state index contributed by atoms with van der Waals surface area (Å²) in [6.07, 6.45) is 7.10. The number of terminal acetylenes is 1. The molecule has 2 aliphatic rings. The third-order valence-electron chi connectivity index (χ3n) is 8.95. The van der Waals surface area contributed by atoms with Gasteiger partial charge in [0.05, 0.1) is 19.6 Å². The molecule has 2 heterocycles. The highest BCUT2D eigenvalue weighted by atomic mass is 16.5. The van der Waals surface area contributed by atoms with E-state index in [0.717, 1.165) is 16.7 Å². The zero-order chi connectivity index (χ0) is 35.3. The average molecular weight is 677 g/mol. The Balaban J connectivity index is 1.41. The van der Waals surface area contributed by atoms with Crippen LogP contribution in [0, 0.1) is 12.3 Å². The van der Waals surface area contributed by atoms with Crippen LogP contribution in [-0.4, -0.2) is 95.3 Å². The lowest BCUT2D eigenvalue weighted by Crippen LogP contribution is -2.76. The second-order valence-electron chi connectivity index (χ2n) is 12.2. The zero-order valence-electron chi connectivity index (χ0n) is 28.2. The molecule has 0 aromatic heterocycles. The molecule has 0 bridgehead atoms. The van der Waals surface area contributed by atoms with E-state index in [1.807, 2.05) is 66.7 Å². The molecular formula is C39H44N6O5. The summed E-state index contributed by atoms with van der Waals surface area (Å²) in [5, 5.41) is 8.75. The number of benzene rings is 3. The molecule has 3 aromatic rings. The number of hydrazine groups is 1. The second kappa shape index (κ2) is 17.7. The van der Waals surface area contributed by atoms with Gasteiger partial charge < -0.3 is 25.2 Å². The first-order valence-corrected chi connectivity index (χ1v) is 16.9. The fourth-order valence-electron chi connectivity index (χ4n) is 6.62. The number of ether oxygens (including phenoxy) is 1. The van der Waals surface area contributed by atoms with E-state index >= 15 is 0 Å². The first-order valence-electron chi connectivity index (χ1n) is 16.9. The number of hydrogen-bond donors (Lipinski definition) is 2. The summed E-state index contributed by atoms with van der Waals surface area (Å²) >= 11 is 0. The van der Waals surface area contributed by atoms with Gasteiger partial charge in [0.2, 0.25) is 11.8 Å². The molecule has 0 saturated carbocycles. The fraction of sp³-hybridized carbons (Fsp3) is 0.333. The first-order chi connectivity index (χ1) is 24.4. The van der Waals surface area contributed by atoms with Crippen molar-refractivity contribution in [1.29, 1.82) is 0 Å². The minimum atomic E-state index is -0.850. The molecule has 5 rings (SSSR count). The van der Waals surface area contributed by atoms with Crippen LogP contribution in [0.2, 0.25) is 0 Å². The van der Waals surface area contributed by atoms with Crippen LogP contribution in [0.3, 0.4) is 0 Å². The van der Waals surface area contributed by atoms with Gasteiger partial charge in [0, 0.05) is 25.6 Å². The summed E-state index contributed by atoms with van der Waals surface area (Å²) in [6, 6.07) is 28.6. The van der Waals surface area contributed by atoms with Crippen molar-refractivity contribution in [3.63, 3.8) is 0 Å². The Morgan fingerprint density at radius 3 is 2.22 bits per heavy atom. The van der Waals surface area contributed by atoms with Crippen LogP contribution < -0.4 is 10.6 Å². The van der Waals surface area contributed by atoms with E-state index in [1.165, 1.54) is 16.0 Å². The van der Waals surface area contributed by atoms with Gasteiger partial charge in [-0.25, -0.2) is 14.6 Å². The van der Waals surface area contributed by atoms with E-state index in [2.05, 4.69) is 47.4 Å². The lowest BCUT2D eigenvalue weighted by Gasteiger charge is -2.55. The third-order valence-corrected chi connectivity index (χ3v) is 8.95. The Hall–Kier alpha value is -5.60. The number of nitrogens with one attached hydrogen (secondary N) is 2. The standard InChI is InChI=1S/C39H44N6O5/c1-3-24-43-29-36(46)44-34(21-14-23-40-39(49)50-26-4-2)37(47)42(28-35(44)45(43)38(48)41-27-30-15-8-5-9-16-30)25-22-33(31-17-10-6-11-18-31)32-19-12-7-13-20-32/h1,4-13,15-20,33-35H,2,14,21-29H2,(H,40,49)(H,41,48)/t34-,35-/m0/s1. The van der Waals surface area contributed by atoms with E-state index in [-0.39, 0.29) is 63.5 Å². The van der Waals surface area contributed by atoms with Crippen molar-refractivity contribution >= 4 is 23.9 Å². The highest BCUT2D eigenvalue weighted by Crippen LogP contribution is 2.32. The molecule has 2 aliphatic heterocycles. The molecule has 11 heteroatoms. The van der Waals surface area contributed by atoms with E-state index in [4.69, 9.17) is 11.2 Å². The molecule has 260 valence electrons. The Morgan fingerprint density at radius 2 is 1.60 bits per heavy atom. The Labute approximate surface area is 293 Å². The van der Waals surface area contributed by atoms with Crippen LogP contribution in [0.1, 0.15) is 41.9 Å². The molecule has 11 nitrogen and oxygen atoms in total. The molecule has 2 atom stereocenters. The Kier molecular flexibility index (Phi) is 12.6. The van der Waals surface area contributed by atoms with E-state index in [9.17, 15) is 19.2 Å². The minimum Gasteiger partial charge on any atom is -0.445 e. The van der Waals surface area contributed by atoms with Crippen molar-refractivity contribution in [2.75, 3.05) is 39.3 Å². The molecule has 2 saturated heterocycles. The van der Waals surface area contributed by atoms with Gasteiger partial charge in [0.15, 0.2) is 0 Å². The summed E-state index contributed by atoms with van der Waals surface area (Å²) in [4.78, 5) is 57.4. The molecule has 50 heavy (non-hydrogen) atoms. The number of carbonyl (C=O) groups is 4. The molecule has 0 unspecified atom stereocenters. The van der Waals surface area contributed by atoms with Crippen molar-refractivity contribution in [1.82, 2.24) is 30.5 Å². The minimum absolute atomic E-state index is 0.0173. The summed E-state index contributed by atoms with van der Waals surface area (Å²) in [6.45, 7) is 4.52. The highest BCUT2D eigenvalue weighted by molar-refractivity contribution is 5.91. The lowest BCUT2D eigenvalue weighted by molar-refractivity contribution is -0.189. The lowest BCUT2D eigenvalue weighted by atomic mass is 9.88. The highest BCUT2D eigenvalue weighted by Gasteiger charge is 2.51. The van der Waals surface area contributed by atoms with Gasteiger partial charge in [0.25, 0.3) is 0 Å². The first kappa shape index (κ1) is 35.7. The van der Waals surface area contributed by atoms with Crippen LogP contribution >= 0.6 is 0 Å². The maximum atomic E-state index is 14.3. The van der Waals surface area contributed by atoms with Crippen LogP contribution in [0.5, 0.6) is 0 Å². The van der Waals surface area contributed by atoms with Crippen LogP contribution in [-0.2, 0) is 20.9 Å². The maximum Gasteiger partial charge on any atom is 0.407 e. The molecule has 0 aliphatic carbocycles. The van der Waals surface area contributed by atoms with Gasteiger partial charge in [-0.1, -0.05) is 110 Å². The predicted molar refractivity (Wildman–Crippen MR) is 190 cm³/mol. The fourth-order valence-corrected chi connectivity index (χ4v) is 6.62. The zero-order valence-corrected chi connectivity index (χ0v) is 28.2. The van der Waals surface area contributed by atoms with Crippen molar-refractivity contribution in [3.8, 4) is 12.3 Å². The normalized spacial score (nSPS) is 17.6. The number of urea groups is 1. The van der Waals surface area contributed by atoms with Gasteiger partial charge in [-0.2, -0.15) is 5.01 Å². The molecular weight excluding hydrogens is 632 g/mol. The van der Waals surface area contributed by atoms with Crippen LogP contribution in [0.15, 0.2) is 104 Å². The van der Waals surface area contributed by atoms with Gasteiger partial charge in [0.1, 0.15) is 18.8 Å². The monoisotopic (exact) mass is 676 g/mol. The SMILES string of the molecule is C#CCN1CC(=O)N2[C@@H](CCCNC(=O)OCC=C)C(=O)N(CCC(c3ccccc3)c3ccccc3)C[C@@H]2N1C(=O)NCc1ccccc1. The largest absolute Gasteiger partial charge is 0.445 e. The third kappa shape index (κ3) is 8.89. The summed E-state index contributed by atoms with van der Waals surface area (Å²) in [5.74, 6) is 2.11. The van der Waals surface area contributed by atoms with Gasteiger partial charge >= 0.3 is 12.1 Å². The molecule has 0 spiro atoms. The molecule has 2 fully saturated rings. The smallest absolute Gasteiger partial charge is 0.407 e. The van der Waals surface area contributed by atoms with E-state index in [0.29, 0.717) is 19.4 Å². The number of amides is 5. The summed E-state index contributed by atoms with van der Waals surface area (Å²) in [5.41, 5.74) is 3.18. The number of rotatable bonds is 14. The topological polar surface area (TPSA) is 115 Å². The van der Waals surface area contributed by atoms with Crippen molar-refractivity contribution in [2.45, 2.75) is 43.9 Å². The molecule has 0 radical (unpaired) electrons. The quantitative estimate of drug-likeness (QED) is 0.149. The van der Waals surface area contributed by atoms with Crippen molar-refractivity contribution in [2.24, 2.45) is 0 Å². The number of hydrogen-bond acceptors (Lipinski definition) is 6. The Bertz CT molecular complexity index is 1610. The van der Waals surface area contributed by atoms with Gasteiger partial charge in [-0.05, 0) is 36.0 Å². The van der Waals surface area contributed by atoms with Crippen molar-refractivity contribution in [3.05, 3.63) is 120 Å². The predicted octanol–water partition coefficient (Wildman–Crippen LogP) is 4.34. The van der Waals surface area contributed by atoms with Crippen molar-refractivity contribution < 1.29 is 23.9 Å². The Morgan fingerprint density at radius 1 is 0.960 bits per heavy atom. The number of fused-ring (bicyclic) bond motifs is 1. The van der Waals surface area contributed by atoms with Crippen LogP contribution in [0.4, 0.5) is 9.59 Å². The summed E-state index contributed by atoms with van der Waals surface area (Å²) in [7, 11) is 0. The second-order valence-corrected chi connectivity index (χ2v) is 12.2. The molecule has 3 aromatic carbocycles. The molecule has 5 amide bonds. The number of carbonyl (C=O) groups excluding carboxylic acids is 4. The number of alkyl carbamates (subject to hydrolysis) is 1. The summed E-state index contributed by atoms with van der Waals surface area (Å²) < 4.78 is 5.00. The van der Waals surface area contributed by atoms with E-state index < -0.39 is 24.3 Å². The molecule has 2 N–H and O–H groups in total. The van der Waals surface area contributed by atoms with Gasteiger partial charge in [-0.15, -0.1) is 6.42 Å². The number of nitrogens with zero attached hydrogens (tertiary/aromatic N) is 4. The van der Waals surface area contributed by atoms with E-state index in [1.54, 1.807) is 9.91 Å². The maximum absolute atomic E-state index is 14.3. The van der Waals surface area contributed by atoms with Gasteiger partial charge in [-0.3, -0.25) is 9.59 Å². The average Bonchev–Trinajstić information content (AvgIpc) is 3.14. The number of piperazine rings is 1. The van der Waals surface area contributed by atoms with Crippen LogP contribution in [0.25, 0.3) is 0 Å².